The van der Waals surface area contributed by atoms with Crippen LogP contribution in [0.5, 0.6) is 0 Å². The highest BCUT2D eigenvalue weighted by Crippen LogP contribution is 2.32. The summed E-state index contributed by atoms with van der Waals surface area (Å²) in [6, 6.07) is 3.89. The third-order valence-corrected chi connectivity index (χ3v) is 5.93. The lowest BCUT2D eigenvalue weighted by Crippen LogP contribution is -2.52. The Morgan fingerprint density at radius 2 is 1.93 bits per heavy atom. The van der Waals surface area contributed by atoms with Gasteiger partial charge >= 0.3 is 0 Å². The van der Waals surface area contributed by atoms with E-state index in [0.717, 1.165) is 31.6 Å². The molecule has 2 fully saturated rings. The van der Waals surface area contributed by atoms with E-state index < -0.39 is 5.54 Å². The third kappa shape index (κ3) is 4.19. The summed E-state index contributed by atoms with van der Waals surface area (Å²) in [7, 11) is 0. The maximum absolute atomic E-state index is 13.2. The van der Waals surface area contributed by atoms with Gasteiger partial charge in [0.25, 0.3) is 5.91 Å². The highest BCUT2D eigenvalue weighted by atomic mass is 35.5. The molecule has 2 aliphatic rings. The maximum atomic E-state index is 13.2. The molecule has 3 N–H and O–H groups in total. The topological polar surface area (TPSA) is 87.6 Å². The molecular weight excluding hydrogens is 364 g/mol. The van der Waals surface area contributed by atoms with Crippen LogP contribution in [-0.4, -0.2) is 39.0 Å². The van der Waals surface area contributed by atoms with Crippen molar-refractivity contribution < 1.29 is 4.79 Å². The van der Waals surface area contributed by atoms with Gasteiger partial charge in [0.15, 0.2) is 5.82 Å². The van der Waals surface area contributed by atoms with Crippen molar-refractivity contribution in [1.82, 2.24) is 25.3 Å². The smallest absolute Gasteiger partial charge is 0.253 e. The molecule has 0 atom stereocenters. The molecule has 0 radical (unpaired) electrons. The quantitative estimate of drug-likeness (QED) is 0.697. The van der Waals surface area contributed by atoms with Crippen molar-refractivity contribution in [2.75, 3.05) is 18.4 Å². The summed E-state index contributed by atoms with van der Waals surface area (Å²) >= 11 is 0. The number of carbonyl (C=O) groups is 1. The Balaban J connectivity index is 0.00000210. The summed E-state index contributed by atoms with van der Waals surface area (Å²) in [5.74, 6) is 1.13. The molecule has 0 spiro atoms. The van der Waals surface area contributed by atoms with Crippen molar-refractivity contribution in [2.24, 2.45) is 0 Å². The van der Waals surface area contributed by atoms with Crippen LogP contribution in [0, 0.1) is 0 Å². The average Bonchev–Trinajstić information content (AvgIpc) is 3.30. The van der Waals surface area contributed by atoms with E-state index in [1.165, 1.54) is 38.5 Å². The molecule has 0 unspecified atom stereocenters. The van der Waals surface area contributed by atoms with Gasteiger partial charge in [-0.1, -0.05) is 25.7 Å². The van der Waals surface area contributed by atoms with Crippen LogP contribution in [0.2, 0.25) is 0 Å². The summed E-state index contributed by atoms with van der Waals surface area (Å²) in [6.07, 6.45) is 12.7. The Kier molecular flexibility index (Phi) is 6.55. The van der Waals surface area contributed by atoms with Crippen molar-refractivity contribution >= 4 is 24.1 Å². The Labute approximate surface area is 166 Å². The molecule has 1 aliphatic heterocycles. The second-order valence-electron chi connectivity index (χ2n) is 7.58. The summed E-state index contributed by atoms with van der Waals surface area (Å²) < 4.78 is 1.81. The van der Waals surface area contributed by atoms with Gasteiger partial charge in [-0.3, -0.25) is 14.6 Å². The molecule has 148 valence electrons. The number of rotatable bonds is 4. The minimum Gasteiger partial charge on any atom is -0.317 e. The number of halogens is 1. The standard InChI is InChI=1S/C19H28N6O.ClH/c26-18(19(8-11-20-12-9-19)25-13-5-10-21-25)22-17-14-16(23-24-17)15-6-3-1-2-4-7-15;/h5,10,13-15,20H,1-4,6-9,11-12H2,(H2,22,23,24,26);1H. The molecule has 1 amide bonds. The van der Waals surface area contributed by atoms with Gasteiger partial charge in [0.1, 0.15) is 5.54 Å². The number of hydrogen-bond donors (Lipinski definition) is 3. The molecular formula is C19H29ClN6O. The molecule has 0 bridgehead atoms. The fourth-order valence-electron chi connectivity index (χ4n) is 4.36. The molecule has 1 saturated carbocycles. The first-order valence-corrected chi connectivity index (χ1v) is 9.85. The number of aromatic nitrogens is 4. The van der Waals surface area contributed by atoms with E-state index in [9.17, 15) is 4.79 Å². The number of amides is 1. The lowest BCUT2D eigenvalue weighted by Gasteiger charge is -2.36. The molecule has 1 saturated heterocycles. The van der Waals surface area contributed by atoms with Gasteiger partial charge in [-0.2, -0.15) is 10.2 Å². The minimum atomic E-state index is -0.643. The number of aromatic amines is 1. The lowest BCUT2D eigenvalue weighted by atomic mass is 9.87. The van der Waals surface area contributed by atoms with Gasteiger partial charge in [0, 0.05) is 30.1 Å². The zero-order valence-corrected chi connectivity index (χ0v) is 16.4. The van der Waals surface area contributed by atoms with E-state index in [2.05, 4.69) is 25.9 Å². The predicted octanol–water partition coefficient (Wildman–Crippen LogP) is 3.18. The van der Waals surface area contributed by atoms with Crippen LogP contribution in [0.25, 0.3) is 0 Å². The number of carbonyl (C=O) groups excluding carboxylic acids is 1. The fourth-order valence-corrected chi connectivity index (χ4v) is 4.36. The van der Waals surface area contributed by atoms with Crippen LogP contribution < -0.4 is 10.6 Å². The molecule has 3 heterocycles. The third-order valence-electron chi connectivity index (χ3n) is 5.93. The highest BCUT2D eigenvalue weighted by molar-refractivity contribution is 5.96. The van der Waals surface area contributed by atoms with E-state index in [1.54, 1.807) is 6.20 Å². The van der Waals surface area contributed by atoms with Gasteiger partial charge in [-0.25, -0.2) is 0 Å². The SMILES string of the molecule is Cl.O=C(Nc1cc(C2CCCCCC2)[nH]n1)C1(n2cccn2)CCNCC1. The number of nitrogens with one attached hydrogen (secondary N) is 3. The first kappa shape index (κ1) is 19.9. The summed E-state index contributed by atoms with van der Waals surface area (Å²) in [5.41, 5.74) is 0.511. The van der Waals surface area contributed by atoms with Gasteiger partial charge in [-0.15, -0.1) is 12.4 Å². The van der Waals surface area contributed by atoms with Crippen molar-refractivity contribution in [3.05, 3.63) is 30.2 Å². The van der Waals surface area contributed by atoms with E-state index in [4.69, 9.17) is 0 Å². The van der Waals surface area contributed by atoms with Crippen LogP contribution in [0.4, 0.5) is 5.82 Å². The number of anilines is 1. The van der Waals surface area contributed by atoms with Crippen molar-refractivity contribution in [1.29, 1.82) is 0 Å². The van der Waals surface area contributed by atoms with E-state index in [0.29, 0.717) is 11.7 Å². The molecule has 8 heteroatoms. The van der Waals surface area contributed by atoms with Crippen LogP contribution in [0.3, 0.4) is 0 Å². The van der Waals surface area contributed by atoms with Crippen molar-refractivity contribution in [3.63, 3.8) is 0 Å². The monoisotopic (exact) mass is 392 g/mol. The largest absolute Gasteiger partial charge is 0.317 e. The zero-order chi connectivity index (χ0) is 17.8. The van der Waals surface area contributed by atoms with Gasteiger partial charge in [0.05, 0.1) is 0 Å². The van der Waals surface area contributed by atoms with Crippen molar-refractivity contribution in [3.8, 4) is 0 Å². The molecule has 2 aromatic heterocycles. The van der Waals surface area contributed by atoms with Crippen molar-refractivity contribution in [2.45, 2.75) is 62.8 Å². The van der Waals surface area contributed by atoms with Gasteiger partial charge in [0.2, 0.25) is 0 Å². The lowest BCUT2D eigenvalue weighted by molar-refractivity contribution is -0.126. The summed E-state index contributed by atoms with van der Waals surface area (Å²) in [6.45, 7) is 1.61. The molecule has 0 aromatic carbocycles. The van der Waals surface area contributed by atoms with E-state index in [1.807, 2.05) is 23.0 Å². The predicted molar refractivity (Wildman–Crippen MR) is 107 cm³/mol. The van der Waals surface area contributed by atoms with E-state index in [-0.39, 0.29) is 18.3 Å². The minimum absolute atomic E-state index is 0. The maximum Gasteiger partial charge on any atom is 0.253 e. The number of piperidine rings is 1. The van der Waals surface area contributed by atoms with Crippen LogP contribution in [0.15, 0.2) is 24.5 Å². The Hall–Kier alpha value is -1.86. The van der Waals surface area contributed by atoms with Crippen LogP contribution in [0.1, 0.15) is 63.0 Å². The van der Waals surface area contributed by atoms with E-state index >= 15 is 0 Å². The molecule has 2 aromatic rings. The first-order valence-electron chi connectivity index (χ1n) is 9.85. The zero-order valence-electron chi connectivity index (χ0n) is 15.6. The Bertz CT molecular complexity index is 714. The highest BCUT2D eigenvalue weighted by Gasteiger charge is 2.42. The number of nitrogens with zero attached hydrogens (tertiary/aromatic N) is 3. The molecule has 7 nitrogen and oxygen atoms in total. The van der Waals surface area contributed by atoms with Crippen LogP contribution >= 0.6 is 12.4 Å². The molecule has 1 aliphatic carbocycles. The Morgan fingerprint density at radius 3 is 2.59 bits per heavy atom. The second kappa shape index (κ2) is 8.89. The number of hydrogen-bond acceptors (Lipinski definition) is 4. The van der Waals surface area contributed by atoms with Crippen LogP contribution in [-0.2, 0) is 10.3 Å². The fraction of sp³-hybridized carbons (Fsp3) is 0.632. The summed E-state index contributed by atoms with van der Waals surface area (Å²) in [4.78, 5) is 13.2. The molecule has 27 heavy (non-hydrogen) atoms. The molecule has 4 rings (SSSR count). The number of H-pyrrole nitrogens is 1. The van der Waals surface area contributed by atoms with Gasteiger partial charge in [-0.05, 0) is 44.8 Å². The average molecular weight is 393 g/mol. The first-order chi connectivity index (χ1) is 12.8. The van der Waals surface area contributed by atoms with Gasteiger partial charge < -0.3 is 10.6 Å². The second-order valence-corrected chi connectivity index (χ2v) is 7.58. The normalized spacial score (nSPS) is 20.4. The Morgan fingerprint density at radius 1 is 1.19 bits per heavy atom. The summed E-state index contributed by atoms with van der Waals surface area (Å²) in [5, 5.41) is 18.3.